The summed E-state index contributed by atoms with van der Waals surface area (Å²) in [4.78, 5) is 62.9. The maximum absolute atomic E-state index is 13.1. The first kappa shape index (κ1) is 27.6. The number of carboxylic acid groups (broad SMARTS) is 1. The molecule has 1 fully saturated rings. The van der Waals surface area contributed by atoms with Crippen LogP contribution in [0.5, 0.6) is 0 Å². The van der Waals surface area contributed by atoms with Crippen molar-refractivity contribution in [1.29, 1.82) is 0 Å². The SMILES string of the molecule is C[n+]1cccc(N2C=C/C(=C\C3=C(C(=O)O)N4C(=O)[C@@H](NC(=O)/C(=N\OCCF)c5csc(N)n5)[C@H]4CC3)C2=O)c1. The third kappa shape index (κ3) is 5.30. The topological polar surface area (TPSA) is 171 Å². The van der Waals surface area contributed by atoms with Crippen LogP contribution in [-0.2, 0) is 31.1 Å². The van der Waals surface area contributed by atoms with Crippen LogP contribution in [-0.4, -0.2) is 69.8 Å². The Hall–Kier alpha value is -4.92. The second-order valence-corrected chi connectivity index (χ2v) is 10.2. The molecule has 0 unspecified atom stereocenters. The molecule has 13 nitrogen and oxygen atoms in total. The van der Waals surface area contributed by atoms with Gasteiger partial charge in [-0.05, 0) is 36.6 Å². The number of alkyl halides is 1. The van der Waals surface area contributed by atoms with Crippen molar-refractivity contribution in [1.82, 2.24) is 15.2 Å². The van der Waals surface area contributed by atoms with Gasteiger partial charge in [0.25, 0.3) is 17.7 Å². The third-order valence-electron chi connectivity index (χ3n) is 6.67. The fourth-order valence-corrected chi connectivity index (χ4v) is 5.38. The fraction of sp³-hybridized carbons (Fsp3) is 0.269. The number of nitrogen functional groups attached to an aromatic ring is 1. The summed E-state index contributed by atoms with van der Waals surface area (Å²) < 4.78 is 14.3. The van der Waals surface area contributed by atoms with E-state index in [1.165, 1.54) is 16.4 Å². The predicted molar refractivity (Wildman–Crippen MR) is 144 cm³/mol. The number of aliphatic carboxylic acids is 1. The fourth-order valence-electron chi connectivity index (χ4n) is 4.84. The zero-order valence-corrected chi connectivity index (χ0v) is 22.5. The van der Waals surface area contributed by atoms with Crippen LogP contribution in [0, 0.1) is 0 Å². The Labute approximate surface area is 236 Å². The van der Waals surface area contributed by atoms with Crippen molar-refractivity contribution in [3.8, 4) is 0 Å². The number of hydrogen-bond acceptors (Lipinski definition) is 9. The predicted octanol–water partition coefficient (Wildman–Crippen LogP) is 0.555. The number of nitrogens with zero attached hydrogens (tertiary/aromatic N) is 5. The minimum atomic E-state index is -1.33. The number of allylic oxidation sites excluding steroid dienone is 2. The summed E-state index contributed by atoms with van der Waals surface area (Å²) >= 11 is 1.05. The highest BCUT2D eigenvalue weighted by Gasteiger charge is 2.53. The first-order chi connectivity index (χ1) is 19.7. The van der Waals surface area contributed by atoms with Crippen LogP contribution in [0.25, 0.3) is 0 Å². The molecule has 2 atom stereocenters. The number of thiazole rings is 1. The van der Waals surface area contributed by atoms with Gasteiger partial charge in [0.1, 0.15) is 43.4 Å². The van der Waals surface area contributed by atoms with Gasteiger partial charge >= 0.3 is 5.97 Å². The van der Waals surface area contributed by atoms with E-state index in [0.717, 1.165) is 16.2 Å². The number of oxime groups is 1. The number of nitrogens with one attached hydrogen (secondary N) is 1. The van der Waals surface area contributed by atoms with Crippen LogP contribution in [0.1, 0.15) is 18.5 Å². The molecule has 0 aliphatic carbocycles. The lowest BCUT2D eigenvalue weighted by atomic mass is 9.83. The van der Waals surface area contributed by atoms with Crippen molar-refractivity contribution < 1.29 is 38.1 Å². The molecule has 3 aliphatic heterocycles. The maximum atomic E-state index is 13.1. The van der Waals surface area contributed by atoms with E-state index >= 15 is 0 Å². The molecule has 0 spiro atoms. The molecular formula is C26H25FN7O6S+. The van der Waals surface area contributed by atoms with Crippen LogP contribution >= 0.6 is 11.3 Å². The lowest BCUT2D eigenvalue weighted by Gasteiger charge is -2.50. The standard InChI is InChI=1S/C26H24FN7O6S/c1-32-8-2-3-16(12-32)33-9-6-15(23(33)36)11-14-4-5-18-20(24(37)34(18)21(14)25(38)39)30-22(35)19(31-40-10-7-27)17-13-41-26(28)29-17/h2-3,6,8-9,11-13,18,20H,4-5,7,10H2,1H3,(H3-,28,29,30,35,38,39)/p+1/b15-11+,31-19-/t18-,20+/m1/s1. The summed E-state index contributed by atoms with van der Waals surface area (Å²) in [6.07, 6.45) is 8.86. The highest BCUT2D eigenvalue weighted by Crippen LogP contribution is 2.38. The van der Waals surface area contributed by atoms with Gasteiger partial charge in [0.05, 0.1) is 6.04 Å². The number of rotatable bonds is 9. The average Bonchev–Trinajstić information content (AvgIpc) is 3.54. The molecule has 3 amide bonds. The van der Waals surface area contributed by atoms with Crippen LogP contribution in [0.4, 0.5) is 15.2 Å². The maximum Gasteiger partial charge on any atom is 0.352 e. The van der Waals surface area contributed by atoms with Crippen LogP contribution in [0.15, 0.2) is 70.3 Å². The van der Waals surface area contributed by atoms with Crippen LogP contribution < -0.4 is 20.5 Å². The first-order valence-electron chi connectivity index (χ1n) is 12.5. The molecule has 0 bridgehead atoms. The van der Waals surface area contributed by atoms with Crippen molar-refractivity contribution in [3.05, 3.63) is 70.8 Å². The van der Waals surface area contributed by atoms with E-state index in [4.69, 9.17) is 10.6 Å². The number of fused-ring (bicyclic) bond motifs is 1. The minimum absolute atomic E-state index is 0.0868. The Bertz CT molecular complexity index is 1560. The second-order valence-electron chi connectivity index (χ2n) is 9.30. The van der Waals surface area contributed by atoms with Crippen LogP contribution in [0.3, 0.4) is 0 Å². The van der Waals surface area contributed by atoms with E-state index in [0.29, 0.717) is 17.7 Å². The normalized spacial score (nSPS) is 21.3. The number of halogens is 1. The number of aryl methyl sites for hydroxylation is 1. The lowest BCUT2D eigenvalue weighted by Crippen LogP contribution is -2.72. The Morgan fingerprint density at radius 2 is 2.22 bits per heavy atom. The van der Waals surface area contributed by atoms with Crippen molar-refractivity contribution in [2.45, 2.75) is 24.9 Å². The summed E-state index contributed by atoms with van der Waals surface area (Å²) in [6.45, 7) is -1.22. The number of anilines is 2. The smallest absolute Gasteiger partial charge is 0.352 e. The summed E-state index contributed by atoms with van der Waals surface area (Å²) in [5, 5.41) is 17.9. The largest absolute Gasteiger partial charge is 0.477 e. The zero-order valence-electron chi connectivity index (χ0n) is 21.7. The Morgan fingerprint density at radius 1 is 1.41 bits per heavy atom. The van der Waals surface area contributed by atoms with Crippen molar-refractivity contribution >= 4 is 51.6 Å². The monoisotopic (exact) mass is 582 g/mol. The van der Waals surface area contributed by atoms with Gasteiger partial charge in [0, 0.05) is 23.2 Å². The number of β-lactam (4-membered cyclic amide) rings is 1. The summed E-state index contributed by atoms with van der Waals surface area (Å²) in [6, 6.07) is 1.91. The molecule has 5 rings (SSSR count). The van der Waals surface area contributed by atoms with Gasteiger partial charge < -0.3 is 21.0 Å². The van der Waals surface area contributed by atoms with Gasteiger partial charge in [0.15, 0.2) is 23.2 Å². The average molecular weight is 583 g/mol. The van der Waals surface area contributed by atoms with Gasteiger partial charge in [-0.3, -0.25) is 24.2 Å². The summed E-state index contributed by atoms with van der Waals surface area (Å²) in [7, 11) is 1.83. The molecule has 0 radical (unpaired) electrons. The number of hydrogen-bond donors (Lipinski definition) is 3. The number of carbonyl (C=O) groups excluding carboxylic acids is 3. The Balaban J connectivity index is 1.35. The summed E-state index contributed by atoms with van der Waals surface area (Å²) in [5.74, 6) is -3.11. The molecule has 15 heteroatoms. The molecule has 3 aliphatic rings. The number of carbonyl (C=O) groups is 4. The molecule has 5 heterocycles. The molecule has 41 heavy (non-hydrogen) atoms. The van der Waals surface area contributed by atoms with Crippen molar-refractivity contribution in [2.24, 2.45) is 12.2 Å². The molecule has 4 N–H and O–H groups in total. The summed E-state index contributed by atoms with van der Waals surface area (Å²) in [5.41, 5.74) is 6.43. The van der Waals surface area contributed by atoms with Gasteiger partial charge in [-0.1, -0.05) is 5.16 Å². The van der Waals surface area contributed by atoms with E-state index in [-0.39, 0.29) is 46.7 Å². The Kier molecular flexibility index (Phi) is 7.61. The lowest BCUT2D eigenvalue weighted by molar-refractivity contribution is -0.670. The van der Waals surface area contributed by atoms with E-state index in [1.807, 2.05) is 13.2 Å². The zero-order chi connectivity index (χ0) is 29.3. The number of carboxylic acids is 1. The quantitative estimate of drug-likeness (QED) is 0.0961. The van der Waals surface area contributed by atoms with Crippen molar-refractivity contribution in [3.63, 3.8) is 0 Å². The van der Waals surface area contributed by atoms with E-state index in [1.54, 1.807) is 35.2 Å². The number of pyridine rings is 1. The van der Waals surface area contributed by atoms with E-state index in [9.17, 15) is 28.7 Å². The van der Waals surface area contributed by atoms with Gasteiger partial charge in [-0.2, -0.15) is 0 Å². The molecule has 0 aromatic carbocycles. The van der Waals surface area contributed by atoms with Crippen LogP contribution in [0.2, 0.25) is 0 Å². The molecule has 212 valence electrons. The molecule has 1 saturated heterocycles. The first-order valence-corrected chi connectivity index (χ1v) is 13.3. The number of amides is 3. The minimum Gasteiger partial charge on any atom is -0.477 e. The Morgan fingerprint density at radius 3 is 2.90 bits per heavy atom. The number of aromatic nitrogens is 2. The second kappa shape index (κ2) is 11.3. The van der Waals surface area contributed by atoms with Crippen molar-refractivity contribution in [2.75, 3.05) is 23.9 Å². The van der Waals surface area contributed by atoms with Gasteiger partial charge in [0.2, 0.25) is 0 Å². The van der Waals surface area contributed by atoms with E-state index in [2.05, 4.69) is 15.5 Å². The molecule has 0 saturated carbocycles. The van der Waals surface area contributed by atoms with Gasteiger partial charge in [-0.15, -0.1) is 11.3 Å². The molecule has 2 aromatic heterocycles. The molecule has 2 aromatic rings. The molecular weight excluding hydrogens is 557 g/mol. The highest BCUT2D eigenvalue weighted by atomic mass is 32.1. The number of nitrogens with two attached hydrogens (primary N) is 1. The third-order valence-corrected chi connectivity index (χ3v) is 7.34. The van der Waals surface area contributed by atoms with E-state index < -0.39 is 36.5 Å². The van der Waals surface area contributed by atoms with Gasteiger partial charge in [-0.25, -0.2) is 18.7 Å². The highest BCUT2D eigenvalue weighted by molar-refractivity contribution is 7.13.